The molecule has 126 heavy (non-hydrogen) atoms. The minimum absolute atomic E-state index is 0.0166. The van der Waals surface area contributed by atoms with Crippen LogP contribution in [0.3, 0.4) is 0 Å². The lowest BCUT2D eigenvalue weighted by Crippen LogP contribution is -2.11. The minimum Gasteiger partial charge on any atom is -0.288 e. The molecule has 0 aromatic heterocycles. The molecule has 0 heterocycles. The molecular formula is C76H52F12O28S10. The molecule has 0 radical (unpaired) electrons. The number of halogens is 12. The summed E-state index contributed by atoms with van der Waals surface area (Å²) >= 11 is 0. The summed E-state index contributed by atoms with van der Waals surface area (Å²) in [6.07, 6.45) is 0. The summed E-state index contributed by atoms with van der Waals surface area (Å²) in [5.74, 6) is -15.7. The number of hydrogen-bond acceptors (Lipinski definition) is 22. The predicted molar refractivity (Wildman–Crippen MR) is 415 cm³/mol. The molecule has 50 heteroatoms. The highest BCUT2D eigenvalue weighted by molar-refractivity contribution is 7.93. The van der Waals surface area contributed by atoms with Gasteiger partial charge in [0.25, 0.3) is 60.7 Å². The summed E-state index contributed by atoms with van der Waals surface area (Å²) in [7, 11) is -44.4. The van der Waals surface area contributed by atoms with Gasteiger partial charge < -0.3 is 0 Å². The number of carbonyl (C=O) groups excluding carboxylic acids is 2. The first-order chi connectivity index (χ1) is 58.1. The van der Waals surface area contributed by atoms with E-state index in [0.29, 0.717) is 42.5 Å². The molecule has 0 aliphatic carbocycles. The van der Waals surface area contributed by atoms with E-state index in [0.717, 1.165) is 158 Å². The zero-order valence-corrected chi connectivity index (χ0v) is 70.1. The van der Waals surface area contributed by atoms with Gasteiger partial charge in [0.1, 0.15) is 99.2 Å². The molecule has 12 aromatic carbocycles. The lowest BCUT2D eigenvalue weighted by Gasteiger charge is -2.09. The highest BCUT2D eigenvalue weighted by atomic mass is 32.3. The third-order valence-electron chi connectivity index (χ3n) is 16.0. The molecule has 0 aliphatic heterocycles. The Bertz CT molecular complexity index is 7460. The molecule has 0 saturated carbocycles. The third kappa shape index (κ3) is 27.0. The van der Waals surface area contributed by atoms with E-state index >= 15 is 0 Å². The van der Waals surface area contributed by atoms with E-state index in [2.05, 4.69) is 0 Å². The van der Waals surface area contributed by atoms with Crippen LogP contribution in [0.4, 0.5) is 52.7 Å². The van der Waals surface area contributed by atoms with Gasteiger partial charge in [0.15, 0.2) is 31.2 Å². The number of ketones is 2. The predicted octanol–water partition coefficient (Wildman–Crippen LogP) is 13.3. The van der Waals surface area contributed by atoms with Crippen molar-refractivity contribution in [1.82, 2.24) is 0 Å². The van der Waals surface area contributed by atoms with Gasteiger partial charge in [-0.05, 0) is 175 Å². The molecule has 0 fully saturated rings. The molecule has 0 unspecified atom stereocenters. The van der Waals surface area contributed by atoms with Gasteiger partial charge in [-0.15, -0.1) is 0 Å². The molecule has 6 N–H and O–H groups in total. The number of hydrogen-bond donors (Lipinski definition) is 6. The van der Waals surface area contributed by atoms with Gasteiger partial charge in [0.05, 0.1) is 52.0 Å². The van der Waals surface area contributed by atoms with Gasteiger partial charge in [-0.2, -0.15) is 50.5 Å². The van der Waals surface area contributed by atoms with Crippen molar-refractivity contribution in [1.29, 1.82) is 0 Å². The van der Waals surface area contributed by atoms with Gasteiger partial charge in [-0.1, -0.05) is 54.6 Å². The van der Waals surface area contributed by atoms with Gasteiger partial charge >= 0.3 is 0 Å². The van der Waals surface area contributed by atoms with E-state index in [1.165, 1.54) is 54.6 Å². The highest BCUT2D eigenvalue weighted by Crippen LogP contribution is 2.32. The van der Waals surface area contributed by atoms with Gasteiger partial charge in [-0.3, -0.25) is 36.9 Å². The Kier molecular flexibility index (Phi) is 32.5. The molecule has 0 aliphatic rings. The standard InChI is InChI=1S/2C13H10F2O5S2.2C13H8F2O4S.2C12H8F2O5S2/c14-10-3-6-13(12(15)7-10)21(16,17)8-9-1-4-11(5-2-9)22(18,19)20;14-10-5-6-13(11(15)7-10)21(16,17)8-9-3-1-2-4-12(9)22(18,19)20;14-9-3-6-11(12(15)7-9)13(16)8-1-4-10(5-2-8)20(17,18)19;14-8-5-6-9(11(15)7-8)13(16)10-3-1-2-4-12(10)20(17,18)19;13-8-1-6-12(11(14)7-8)20(15,16)9-2-4-10(5-3-9)21(17,18)19;13-8-5-6-10(9(14)7-8)20(15,16)11-3-1-2-4-12(11)21(17,18)19/h2*1-7H,8H2,(H,18,19,20);2*1-7H,(H,17,18,19);2*1-7H,(H,17,18,19). The SMILES string of the molecule is O=C(c1ccc(F)cc1F)c1ccccc1S(=O)(=O)O.O=C(c1ccc(S(=O)(=O)O)cc1)c1ccc(F)cc1F.O=S(=O)(O)c1ccc(CS(=O)(=O)c2ccc(F)cc2F)cc1.O=S(=O)(O)c1ccc(S(=O)(=O)c2ccc(F)cc2F)cc1.O=S(=O)(O)c1ccccc1CS(=O)(=O)c1ccc(F)cc1F.O=S(=O)(O)c1ccccc1S(=O)(=O)c1ccc(F)cc1F. The summed E-state index contributed by atoms with van der Waals surface area (Å²) in [5, 5.41) is 0. The van der Waals surface area contributed by atoms with Crippen molar-refractivity contribution in [3.05, 3.63) is 358 Å². The molecule has 0 atom stereocenters. The Labute approximate surface area is 708 Å². The number of sulfone groups is 4. The third-order valence-corrected chi connectivity index (χ3v) is 28.6. The number of carbonyl (C=O) groups is 2. The summed E-state index contributed by atoms with van der Waals surface area (Å²) < 4.78 is 442. The summed E-state index contributed by atoms with van der Waals surface area (Å²) in [6, 6.07) is 38.9. The molecular weight excluding hydrogens is 1910 g/mol. The molecule has 0 saturated heterocycles. The van der Waals surface area contributed by atoms with Crippen molar-refractivity contribution in [2.75, 3.05) is 0 Å². The van der Waals surface area contributed by atoms with E-state index in [1.807, 2.05) is 0 Å². The molecule has 0 spiro atoms. The molecule has 12 rings (SSSR count). The van der Waals surface area contributed by atoms with E-state index in [4.69, 9.17) is 27.3 Å². The van der Waals surface area contributed by atoms with Crippen LogP contribution >= 0.6 is 0 Å². The van der Waals surface area contributed by atoms with Crippen LogP contribution in [0.25, 0.3) is 0 Å². The van der Waals surface area contributed by atoms with Gasteiger partial charge in [0.2, 0.25) is 19.7 Å². The minimum atomic E-state index is -4.82. The maximum atomic E-state index is 13.6. The normalized spacial score (nSPS) is 12.0. The Morgan fingerprint density at radius 3 is 0.873 bits per heavy atom. The maximum absolute atomic E-state index is 13.6. The van der Waals surface area contributed by atoms with Crippen LogP contribution in [0.1, 0.15) is 43.0 Å². The van der Waals surface area contributed by atoms with Crippen LogP contribution in [0.2, 0.25) is 0 Å². The van der Waals surface area contributed by atoms with Crippen molar-refractivity contribution in [3.63, 3.8) is 0 Å². The molecule has 12 aromatic rings. The van der Waals surface area contributed by atoms with Crippen LogP contribution < -0.4 is 0 Å². The molecule has 0 bridgehead atoms. The first kappa shape index (κ1) is 101. The zero-order valence-electron chi connectivity index (χ0n) is 61.9. The topological polar surface area (TPSA) is 497 Å². The Balaban J connectivity index is 0.000000208. The highest BCUT2D eigenvalue weighted by Gasteiger charge is 2.32. The van der Waals surface area contributed by atoms with Crippen molar-refractivity contribution in [2.24, 2.45) is 0 Å². The Morgan fingerprint density at radius 2 is 0.508 bits per heavy atom. The van der Waals surface area contributed by atoms with Crippen molar-refractivity contribution in [3.8, 4) is 0 Å². The summed E-state index contributed by atoms with van der Waals surface area (Å²) in [5.41, 5.74) is -1.21. The van der Waals surface area contributed by atoms with Crippen LogP contribution in [-0.2, 0) is 112 Å². The molecule has 28 nitrogen and oxygen atoms in total. The first-order valence-electron chi connectivity index (χ1n) is 33.2. The zero-order chi connectivity index (χ0) is 94.6. The Hall–Kier alpha value is -11.6. The second kappa shape index (κ2) is 40.4. The van der Waals surface area contributed by atoms with Crippen LogP contribution in [0.15, 0.2) is 314 Å². The smallest absolute Gasteiger partial charge is 0.288 e. The summed E-state index contributed by atoms with van der Waals surface area (Å²) in [4.78, 5) is 16.5. The monoisotopic (exact) mass is 1960 g/mol. The van der Waals surface area contributed by atoms with E-state index in [9.17, 15) is 146 Å². The quantitative estimate of drug-likeness (QED) is 0.0179. The average molecular weight is 1960 g/mol. The fraction of sp³-hybridized carbons (Fsp3) is 0.0263. The lowest BCUT2D eigenvalue weighted by atomic mass is 10.0. The molecule has 0 amide bonds. The van der Waals surface area contributed by atoms with Crippen molar-refractivity contribution >= 4 is 112 Å². The average Bonchev–Trinajstić information content (AvgIpc) is 0.768. The Morgan fingerprint density at radius 1 is 0.222 bits per heavy atom. The molecule has 668 valence electrons. The lowest BCUT2D eigenvalue weighted by molar-refractivity contribution is 0.102. The van der Waals surface area contributed by atoms with Crippen LogP contribution in [0, 0.1) is 69.8 Å². The summed E-state index contributed by atoms with van der Waals surface area (Å²) in [6.45, 7) is 0. The van der Waals surface area contributed by atoms with Crippen molar-refractivity contribution < 1.29 is 174 Å². The first-order valence-corrected chi connectivity index (χ1v) is 48.1. The van der Waals surface area contributed by atoms with Gasteiger partial charge in [0, 0.05) is 47.5 Å². The largest absolute Gasteiger partial charge is 0.295 e. The second-order valence-electron chi connectivity index (χ2n) is 24.8. The van der Waals surface area contributed by atoms with E-state index in [-0.39, 0.29) is 42.5 Å². The van der Waals surface area contributed by atoms with Crippen LogP contribution in [0.5, 0.6) is 0 Å². The van der Waals surface area contributed by atoms with Gasteiger partial charge in [-0.25, -0.2) is 86.4 Å². The fourth-order valence-electron chi connectivity index (χ4n) is 10.3. The van der Waals surface area contributed by atoms with E-state index < -0.39 is 243 Å². The number of rotatable bonds is 20. The number of benzene rings is 12. The maximum Gasteiger partial charge on any atom is 0.295 e. The second-order valence-corrected chi connectivity index (χ2v) is 40.9. The van der Waals surface area contributed by atoms with Crippen LogP contribution in [-0.4, -0.2) is 123 Å². The van der Waals surface area contributed by atoms with Crippen molar-refractivity contribution in [2.45, 2.75) is 70.3 Å². The fourth-order valence-corrected chi connectivity index (χ4v) is 20.0. The van der Waals surface area contributed by atoms with E-state index in [1.54, 1.807) is 0 Å².